The highest BCUT2D eigenvalue weighted by Crippen LogP contribution is 2.21. The Kier molecular flexibility index (Phi) is 5.66. The zero-order valence-electron chi connectivity index (χ0n) is 13.5. The summed E-state index contributed by atoms with van der Waals surface area (Å²) in [7, 11) is 0. The Balaban J connectivity index is 1.97. The van der Waals surface area contributed by atoms with Crippen LogP contribution in [0, 0.1) is 20.8 Å². The molecule has 2 N–H and O–H groups in total. The van der Waals surface area contributed by atoms with Crippen LogP contribution in [0.2, 0.25) is 0 Å². The zero-order chi connectivity index (χ0) is 16.8. The number of aryl methyl sites for hydroxylation is 3. The Hall–Kier alpha value is -2.46. The molecule has 2 rings (SSSR count). The number of rotatable bonds is 3. The lowest BCUT2D eigenvalue weighted by atomic mass is 10.1. The van der Waals surface area contributed by atoms with Crippen LogP contribution >= 0.6 is 12.2 Å². The maximum absolute atomic E-state index is 11.9. The fourth-order valence-electron chi connectivity index (χ4n) is 2.41. The number of carbonyl (C=O) groups is 1. The molecule has 0 bridgehead atoms. The molecule has 2 aromatic rings. The van der Waals surface area contributed by atoms with Gasteiger partial charge in [0.1, 0.15) is 0 Å². The molecule has 0 saturated carbocycles. The van der Waals surface area contributed by atoms with Gasteiger partial charge in [-0.25, -0.2) is 0 Å². The third kappa shape index (κ3) is 5.04. The van der Waals surface area contributed by atoms with Gasteiger partial charge < -0.3 is 5.32 Å². The number of hydrogen-bond acceptors (Lipinski definition) is 2. The molecule has 0 radical (unpaired) electrons. The van der Waals surface area contributed by atoms with Crippen LogP contribution in [0.1, 0.15) is 22.3 Å². The van der Waals surface area contributed by atoms with Crippen molar-refractivity contribution in [3.8, 4) is 0 Å². The molecule has 0 aliphatic rings. The smallest absolute Gasteiger partial charge is 0.250 e. The van der Waals surface area contributed by atoms with Gasteiger partial charge in [0.2, 0.25) is 5.91 Å². The van der Waals surface area contributed by atoms with Crippen LogP contribution in [-0.4, -0.2) is 11.0 Å². The summed E-state index contributed by atoms with van der Waals surface area (Å²) in [4.78, 5) is 11.9. The minimum Gasteiger partial charge on any atom is -0.332 e. The lowest BCUT2D eigenvalue weighted by Crippen LogP contribution is -2.33. The monoisotopic (exact) mass is 324 g/mol. The van der Waals surface area contributed by atoms with E-state index in [-0.39, 0.29) is 5.91 Å². The molecule has 0 spiro atoms. The number of carbonyl (C=O) groups excluding carboxylic acids is 1. The molecule has 0 aliphatic carbocycles. The molecule has 4 heteroatoms. The molecule has 0 fully saturated rings. The van der Waals surface area contributed by atoms with Gasteiger partial charge in [-0.3, -0.25) is 10.1 Å². The van der Waals surface area contributed by atoms with Crippen LogP contribution in [0.3, 0.4) is 0 Å². The molecule has 1 amide bonds. The lowest BCUT2D eigenvalue weighted by molar-refractivity contribution is -0.115. The van der Waals surface area contributed by atoms with Crippen molar-refractivity contribution in [2.24, 2.45) is 0 Å². The van der Waals surface area contributed by atoms with E-state index in [0.29, 0.717) is 5.11 Å². The second kappa shape index (κ2) is 7.70. The van der Waals surface area contributed by atoms with E-state index < -0.39 is 0 Å². The number of thiocarbonyl (C=S) groups is 1. The van der Waals surface area contributed by atoms with Crippen LogP contribution in [0.5, 0.6) is 0 Å². The Morgan fingerprint density at radius 1 is 1.04 bits per heavy atom. The van der Waals surface area contributed by atoms with Gasteiger partial charge in [-0.15, -0.1) is 0 Å². The van der Waals surface area contributed by atoms with Gasteiger partial charge in [0.15, 0.2) is 5.11 Å². The van der Waals surface area contributed by atoms with Crippen LogP contribution in [-0.2, 0) is 4.79 Å². The Morgan fingerprint density at radius 3 is 2.26 bits per heavy atom. The molecule has 0 aromatic heterocycles. The molecule has 0 unspecified atom stereocenters. The highest BCUT2D eigenvalue weighted by Gasteiger charge is 2.07. The van der Waals surface area contributed by atoms with E-state index >= 15 is 0 Å². The van der Waals surface area contributed by atoms with Crippen molar-refractivity contribution < 1.29 is 4.79 Å². The maximum Gasteiger partial charge on any atom is 0.250 e. The van der Waals surface area contributed by atoms with Gasteiger partial charge in [0.25, 0.3) is 0 Å². The van der Waals surface area contributed by atoms with Crippen LogP contribution < -0.4 is 10.6 Å². The summed E-state index contributed by atoms with van der Waals surface area (Å²) in [6.07, 6.45) is 3.22. The predicted molar refractivity (Wildman–Crippen MR) is 100 cm³/mol. The quantitative estimate of drug-likeness (QED) is 0.658. The highest BCUT2D eigenvalue weighted by molar-refractivity contribution is 7.80. The molecular weight excluding hydrogens is 304 g/mol. The maximum atomic E-state index is 11.9. The molecule has 23 heavy (non-hydrogen) atoms. The SMILES string of the molecule is Cc1cc(C)c(NC(=S)NC(=O)/C=C/c2ccccc2)c(C)c1. The second-order valence-electron chi connectivity index (χ2n) is 5.46. The first-order valence-corrected chi connectivity index (χ1v) is 7.79. The molecule has 0 atom stereocenters. The standard InChI is InChI=1S/C19H20N2OS/c1-13-11-14(2)18(15(3)12-13)21-19(23)20-17(22)10-9-16-7-5-4-6-8-16/h4-12H,1-3H3,(H2,20,21,22,23)/b10-9+. The molecule has 0 aliphatic heterocycles. The van der Waals surface area contributed by atoms with Gasteiger partial charge >= 0.3 is 0 Å². The average Bonchev–Trinajstić information content (AvgIpc) is 2.50. The summed E-state index contributed by atoms with van der Waals surface area (Å²) >= 11 is 5.22. The van der Waals surface area contributed by atoms with Crippen LogP contribution in [0.4, 0.5) is 5.69 Å². The largest absolute Gasteiger partial charge is 0.332 e. The first-order chi connectivity index (χ1) is 11.0. The Labute approximate surface area is 142 Å². The van der Waals surface area contributed by atoms with E-state index in [1.807, 2.05) is 44.2 Å². The van der Waals surface area contributed by atoms with E-state index in [1.165, 1.54) is 11.6 Å². The van der Waals surface area contributed by atoms with Gasteiger partial charge in [-0.1, -0.05) is 48.0 Å². The summed E-state index contributed by atoms with van der Waals surface area (Å²) in [6.45, 7) is 6.09. The van der Waals surface area contributed by atoms with Gasteiger partial charge in [0, 0.05) is 11.8 Å². The normalized spacial score (nSPS) is 10.6. The summed E-state index contributed by atoms with van der Waals surface area (Å²) in [5.41, 5.74) is 5.30. The van der Waals surface area contributed by atoms with E-state index in [2.05, 4.69) is 29.7 Å². The predicted octanol–water partition coefficient (Wildman–Crippen LogP) is 4.14. The highest BCUT2D eigenvalue weighted by atomic mass is 32.1. The first-order valence-electron chi connectivity index (χ1n) is 7.38. The van der Waals surface area contributed by atoms with Gasteiger partial charge in [0.05, 0.1) is 0 Å². The van der Waals surface area contributed by atoms with Crippen LogP contribution in [0.15, 0.2) is 48.5 Å². The summed E-state index contributed by atoms with van der Waals surface area (Å²) < 4.78 is 0. The Morgan fingerprint density at radius 2 is 1.65 bits per heavy atom. The van der Waals surface area contributed by atoms with Crippen molar-refractivity contribution in [2.75, 3.05) is 5.32 Å². The molecule has 0 saturated heterocycles. The number of benzene rings is 2. The first kappa shape index (κ1) is 16.9. The molecule has 2 aromatic carbocycles. The molecular formula is C19H20N2OS. The van der Waals surface area contributed by atoms with Crippen LogP contribution in [0.25, 0.3) is 6.08 Å². The van der Waals surface area contributed by atoms with Crippen molar-refractivity contribution in [1.82, 2.24) is 5.32 Å². The number of hydrogen-bond donors (Lipinski definition) is 2. The van der Waals surface area contributed by atoms with Crippen molar-refractivity contribution >= 4 is 35.0 Å². The van der Waals surface area contributed by atoms with Crippen molar-refractivity contribution in [1.29, 1.82) is 0 Å². The summed E-state index contributed by atoms with van der Waals surface area (Å²) in [5.74, 6) is -0.256. The zero-order valence-corrected chi connectivity index (χ0v) is 14.3. The second-order valence-corrected chi connectivity index (χ2v) is 5.87. The third-order valence-electron chi connectivity index (χ3n) is 3.38. The van der Waals surface area contributed by atoms with E-state index in [1.54, 1.807) is 6.08 Å². The number of nitrogens with one attached hydrogen (secondary N) is 2. The summed E-state index contributed by atoms with van der Waals surface area (Å²) in [6, 6.07) is 13.8. The van der Waals surface area contributed by atoms with Crippen molar-refractivity contribution in [3.63, 3.8) is 0 Å². The minimum atomic E-state index is -0.256. The van der Waals surface area contributed by atoms with Gasteiger partial charge in [-0.2, -0.15) is 0 Å². The minimum absolute atomic E-state index is 0.256. The fraction of sp³-hybridized carbons (Fsp3) is 0.158. The Bertz CT molecular complexity index is 728. The molecule has 0 heterocycles. The topological polar surface area (TPSA) is 41.1 Å². The average molecular weight is 324 g/mol. The number of anilines is 1. The lowest BCUT2D eigenvalue weighted by Gasteiger charge is -2.14. The van der Waals surface area contributed by atoms with E-state index in [9.17, 15) is 4.79 Å². The van der Waals surface area contributed by atoms with Gasteiger partial charge in [-0.05, 0) is 55.8 Å². The number of amides is 1. The van der Waals surface area contributed by atoms with E-state index in [0.717, 1.165) is 22.4 Å². The molecule has 118 valence electrons. The summed E-state index contributed by atoms with van der Waals surface area (Å²) in [5, 5.41) is 6.06. The van der Waals surface area contributed by atoms with Crippen molar-refractivity contribution in [2.45, 2.75) is 20.8 Å². The third-order valence-corrected chi connectivity index (χ3v) is 3.58. The van der Waals surface area contributed by atoms with Crippen molar-refractivity contribution in [3.05, 3.63) is 70.8 Å². The van der Waals surface area contributed by atoms with E-state index in [4.69, 9.17) is 12.2 Å². The molecule has 3 nitrogen and oxygen atoms in total. The fourth-order valence-corrected chi connectivity index (χ4v) is 2.61.